The Morgan fingerprint density at radius 2 is 2.39 bits per heavy atom. The van der Waals surface area contributed by atoms with Crippen molar-refractivity contribution in [3.63, 3.8) is 0 Å². The molecule has 0 aliphatic carbocycles. The van der Waals surface area contributed by atoms with Gasteiger partial charge in [0.15, 0.2) is 16.8 Å². The molecule has 1 unspecified atom stereocenters. The Hall–Kier alpha value is -1.53. The van der Waals surface area contributed by atoms with Gasteiger partial charge in [0.1, 0.15) is 0 Å². The number of rotatable bonds is 2. The van der Waals surface area contributed by atoms with Crippen molar-refractivity contribution in [3.05, 3.63) is 17.4 Å². The zero-order chi connectivity index (χ0) is 12.5. The first-order valence-corrected chi connectivity index (χ1v) is 6.26. The molecule has 7 heteroatoms. The van der Waals surface area contributed by atoms with Gasteiger partial charge in [0.25, 0.3) is 0 Å². The predicted octanol–water partition coefficient (Wildman–Crippen LogP) is 1.52. The average Bonchev–Trinajstić information content (AvgIpc) is 2.97. The molecule has 3 heterocycles. The molecule has 1 aliphatic heterocycles. The van der Waals surface area contributed by atoms with Crippen LogP contribution in [-0.2, 0) is 0 Å². The van der Waals surface area contributed by atoms with Crippen molar-refractivity contribution in [2.75, 3.05) is 24.5 Å². The zero-order valence-electron chi connectivity index (χ0n) is 9.98. The maximum Gasteiger partial charge on any atom is 0.245 e. The molecular weight excluding hydrogens is 254 g/mol. The predicted molar refractivity (Wildman–Crippen MR) is 68.8 cm³/mol. The molecule has 0 saturated carbocycles. The van der Waals surface area contributed by atoms with E-state index >= 15 is 0 Å². The van der Waals surface area contributed by atoms with Crippen molar-refractivity contribution in [2.45, 2.75) is 13.0 Å². The summed E-state index contributed by atoms with van der Waals surface area (Å²) in [6.45, 7) is 4.89. The number of hydrogen-bond acceptors (Lipinski definition) is 5. The molecule has 6 nitrogen and oxygen atoms in total. The number of aromatic nitrogens is 3. The molecule has 2 aromatic rings. The highest BCUT2D eigenvalue weighted by atomic mass is 35.5. The van der Waals surface area contributed by atoms with Crippen LogP contribution in [-0.4, -0.2) is 40.9 Å². The monoisotopic (exact) mass is 267 g/mol. The van der Waals surface area contributed by atoms with E-state index in [2.05, 4.69) is 32.3 Å². The van der Waals surface area contributed by atoms with Crippen molar-refractivity contribution in [1.82, 2.24) is 20.5 Å². The molecule has 2 N–H and O–H groups in total. The second-order valence-corrected chi connectivity index (χ2v) is 4.76. The lowest BCUT2D eigenvalue weighted by Crippen LogP contribution is -2.49. The molecule has 0 amide bonds. The van der Waals surface area contributed by atoms with Gasteiger partial charge in [-0.05, 0) is 30.7 Å². The van der Waals surface area contributed by atoms with E-state index < -0.39 is 0 Å². The lowest BCUT2D eigenvalue weighted by Gasteiger charge is -2.30. The van der Waals surface area contributed by atoms with Gasteiger partial charge in [0, 0.05) is 25.7 Å². The first kappa shape index (κ1) is 11.6. The summed E-state index contributed by atoms with van der Waals surface area (Å²) in [5.74, 6) is 1.90. The van der Waals surface area contributed by atoms with E-state index in [9.17, 15) is 0 Å². The fraction of sp³-hybridized carbons (Fsp3) is 0.455. The molecule has 1 saturated heterocycles. The number of furan rings is 1. The Labute approximate surface area is 109 Å². The molecular formula is C11H14ClN5O. The number of nitrogens with zero attached hydrogens (tertiary/aromatic N) is 3. The van der Waals surface area contributed by atoms with Crippen LogP contribution in [0.3, 0.4) is 0 Å². The summed E-state index contributed by atoms with van der Waals surface area (Å²) in [6, 6.07) is 3.90. The van der Waals surface area contributed by atoms with Gasteiger partial charge in [0.2, 0.25) is 5.95 Å². The topological polar surface area (TPSA) is 70.0 Å². The van der Waals surface area contributed by atoms with Crippen molar-refractivity contribution < 1.29 is 4.42 Å². The Morgan fingerprint density at radius 3 is 3.11 bits per heavy atom. The summed E-state index contributed by atoms with van der Waals surface area (Å²) in [4.78, 5) is 6.58. The SMILES string of the molecule is CC1CN(c2n[nH]c(-c3ccc(Cl)o3)n2)CCN1. The van der Waals surface area contributed by atoms with Gasteiger partial charge in [-0.15, -0.1) is 5.10 Å². The minimum atomic E-state index is 0.346. The fourth-order valence-corrected chi connectivity index (χ4v) is 2.21. The van der Waals surface area contributed by atoms with Crippen molar-refractivity contribution in [1.29, 1.82) is 0 Å². The first-order chi connectivity index (χ1) is 8.72. The van der Waals surface area contributed by atoms with E-state index in [0.29, 0.717) is 28.8 Å². The van der Waals surface area contributed by atoms with Gasteiger partial charge in [0.05, 0.1) is 0 Å². The van der Waals surface area contributed by atoms with E-state index in [4.69, 9.17) is 16.0 Å². The summed E-state index contributed by atoms with van der Waals surface area (Å²) in [7, 11) is 0. The second-order valence-electron chi connectivity index (χ2n) is 4.39. The number of H-pyrrole nitrogens is 1. The number of hydrogen-bond donors (Lipinski definition) is 2. The summed E-state index contributed by atoms with van der Waals surface area (Å²) in [6.07, 6.45) is 0. The zero-order valence-corrected chi connectivity index (χ0v) is 10.7. The third-order valence-corrected chi connectivity index (χ3v) is 3.13. The average molecular weight is 268 g/mol. The van der Waals surface area contributed by atoms with E-state index in [1.54, 1.807) is 12.1 Å². The molecule has 1 aliphatic rings. The third-order valence-electron chi connectivity index (χ3n) is 2.93. The quantitative estimate of drug-likeness (QED) is 0.863. The molecule has 0 bridgehead atoms. The Balaban J connectivity index is 1.80. The maximum atomic E-state index is 5.74. The highest BCUT2D eigenvalue weighted by Gasteiger charge is 2.20. The van der Waals surface area contributed by atoms with Crippen LogP contribution in [0.4, 0.5) is 5.95 Å². The summed E-state index contributed by atoms with van der Waals surface area (Å²) >= 11 is 5.74. The van der Waals surface area contributed by atoms with Gasteiger partial charge in [-0.3, -0.25) is 5.10 Å². The minimum absolute atomic E-state index is 0.346. The Morgan fingerprint density at radius 1 is 1.50 bits per heavy atom. The van der Waals surface area contributed by atoms with Gasteiger partial charge in [-0.2, -0.15) is 4.98 Å². The second kappa shape index (κ2) is 4.62. The van der Waals surface area contributed by atoms with E-state index in [0.717, 1.165) is 19.6 Å². The third kappa shape index (κ3) is 2.21. The summed E-state index contributed by atoms with van der Waals surface area (Å²) < 4.78 is 5.29. The van der Waals surface area contributed by atoms with Crippen LogP contribution in [0.5, 0.6) is 0 Å². The van der Waals surface area contributed by atoms with Crippen LogP contribution in [0.2, 0.25) is 5.22 Å². The first-order valence-electron chi connectivity index (χ1n) is 5.89. The van der Waals surface area contributed by atoms with Crippen LogP contribution in [0, 0.1) is 0 Å². The minimum Gasteiger partial charge on any atom is -0.441 e. The molecule has 0 spiro atoms. The van der Waals surface area contributed by atoms with Crippen LogP contribution in [0.15, 0.2) is 16.5 Å². The van der Waals surface area contributed by atoms with Gasteiger partial charge >= 0.3 is 0 Å². The molecule has 3 rings (SSSR count). The lowest BCUT2D eigenvalue weighted by molar-refractivity contribution is 0.480. The van der Waals surface area contributed by atoms with E-state index in [-0.39, 0.29) is 0 Å². The van der Waals surface area contributed by atoms with Crippen molar-refractivity contribution in [3.8, 4) is 11.6 Å². The van der Waals surface area contributed by atoms with Crippen molar-refractivity contribution in [2.24, 2.45) is 0 Å². The van der Waals surface area contributed by atoms with E-state index in [1.165, 1.54) is 0 Å². The van der Waals surface area contributed by atoms with Gasteiger partial charge in [-0.25, -0.2) is 0 Å². The fourth-order valence-electron chi connectivity index (χ4n) is 2.06. The highest BCUT2D eigenvalue weighted by Crippen LogP contribution is 2.23. The van der Waals surface area contributed by atoms with Crippen LogP contribution in [0.25, 0.3) is 11.6 Å². The molecule has 0 aromatic carbocycles. The Kier molecular flexibility index (Phi) is 2.97. The summed E-state index contributed by atoms with van der Waals surface area (Å²) in [5.41, 5.74) is 0. The number of anilines is 1. The van der Waals surface area contributed by atoms with Gasteiger partial charge in [-0.1, -0.05) is 0 Å². The standard InChI is InChI=1S/C11H14ClN5O/c1-7-6-17(5-4-13-7)11-14-10(15-16-11)8-2-3-9(12)18-8/h2-3,7,13H,4-6H2,1H3,(H,14,15,16). The van der Waals surface area contributed by atoms with E-state index in [1.807, 2.05) is 0 Å². The Bertz CT molecular complexity index is 537. The van der Waals surface area contributed by atoms with Crippen LogP contribution in [0.1, 0.15) is 6.92 Å². The molecule has 1 fully saturated rings. The number of aromatic amines is 1. The van der Waals surface area contributed by atoms with Crippen LogP contribution >= 0.6 is 11.6 Å². The van der Waals surface area contributed by atoms with Gasteiger partial charge < -0.3 is 14.6 Å². The molecule has 0 radical (unpaired) electrons. The highest BCUT2D eigenvalue weighted by molar-refractivity contribution is 6.28. The molecule has 1 atom stereocenters. The number of piperazine rings is 1. The molecule has 2 aromatic heterocycles. The maximum absolute atomic E-state index is 5.74. The normalized spacial score (nSPS) is 20.3. The summed E-state index contributed by atoms with van der Waals surface area (Å²) in [5, 5.41) is 10.8. The molecule has 18 heavy (non-hydrogen) atoms. The van der Waals surface area contributed by atoms with Crippen molar-refractivity contribution >= 4 is 17.5 Å². The largest absolute Gasteiger partial charge is 0.441 e. The van der Waals surface area contributed by atoms with Crippen LogP contribution < -0.4 is 10.2 Å². The lowest BCUT2D eigenvalue weighted by atomic mass is 10.2. The molecule has 96 valence electrons. The number of halogens is 1. The number of nitrogens with one attached hydrogen (secondary N) is 2. The smallest absolute Gasteiger partial charge is 0.245 e.